The summed E-state index contributed by atoms with van der Waals surface area (Å²) in [6.07, 6.45) is 2.32. The molecule has 0 saturated heterocycles. The molecule has 0 radical (unpaired) electrons. The van der Waals surface area contributed by atoms with E-state index in [0.717, 1.165) is 57.9 Å². The lowest BCUT2D eigenvalue weighted by Crippen LogP contribution is -2.18. The minimum Gasteiger partial charge on any atom is -0.453 e. The average molecular weight is 522 g/mol. The smallest absolute Gasteiger partial charge is 0.255 e. The fourth-order valence-corrected chi connectivity index (χ4v) is 5.56. The van der Waals surface area contributed by atoms with Crippen LogP contribution in [-0.2, 0) is 13.0 Å². The van der Waals surface area contributed by atoms with Crippen molar-refractivity contribution in [1.29, 1.82) is 0 Å². The zero-order valence-corrected chi connectivity index (χ0v) is 21.6. The zero-order valence-electron chi connectivity index (χ0n) is 21.6. The molecule has 0 unspecified atom stereocenters. The van der Waals surface area contributed by atoms with Crippen molar-refractivity contribution in [2.24, 2.45) is 0 Å². The summed E-state index contributed by atoms with van der Waals surface area (Å²) >= 11 is 0. The lowest BCUT2D eigenvalue weighted by molar-refractivity contribution is 0.0964. The summed E-state index contributed by atoms with van der Waals surface area (Å²) in [6, 6.07) is 14.9. The zero-order chi connectivity index (χ0) is 26.8. The highest BCUT2D eigenvalue weighted by Crippen LogP contribution is 2.41. The summed E-state index contributed by atoms with van der Waals surface area (Å²) in [5.74, 6) is -0.186. The van der Waals surface area contributed by atoms with Crippen molar-refractivity contribution >= 4 is 33.5 Å². The topological polar surface area (TPSA) is 98.1 Å². The van der Waals surface area contributed by atoms with Crippen LogP contribution in [0, 0.1) is 12.7 Å². The van der Waals surface area contributed by atoms with Crippen molar-refractivity contribution in [3.05, 3.63) is 77.3 Å². The van der Waals surface area contributed by atoms with Gasteiger partial charge < -0.3 is 24.1 Å². The predicted octanol–water partition coefficient (Wildman–Crippen LogP) is 6.18. The van der Waals surface area contributed by atoms with Gasteiger partial charge in [-0.2, -0.15) is 0 Å². The van der Waals surface area contributed by atoms with Crippen LogP contribution in [0.3, 0.4) is 0 Å². The number of anilines is 1. The third-order valence-electron chi connectivity index (χ3n) is 7.51. The molecule has 0 spiro atoms. The maximum atomic E-state index is 14.6. The molecule has 1 aliphatic rings. The number of aryl methyl sites for hydroxylation is 3. The van der Waals surface area contributed by atoms with Crippen LogP contribution in [0.1, 0.15) is 21.5 Å². The summed E-state index contributed by atoms with van der Waals surface area (Å²) in [4.78, 5) is 18.2. The van der Waals surface area contributed by atoms with Crippen LogP contribution in [0.5, 0.6) is 0 Å². The predicted molar refractivity (Wildman–Crippen MR) is 147 cm³/mol. The molecule has 39 heavy (non-hydrogen) atoms. The van der Waals surface area contributed by atoms with E-state index in [1.165, 1.54) is 12.3 Å². The van der Waals surface area contributed by atoms with Crippen LogP contribution in [0.15, 0.2) is 63.7 Å². The van der Waals surface area contributed by atoms with Crippen molar-refractivity contribution in [2.45, 2.75) is 19.9 Å². The maximum absolute atomic E-state index is 14.6. The summed E-state index contributed by atoms with van der Waals surface area (Å²) in [6.45, 7) is 2.61. The van der Waals surface area contributed by atoms with E-state index in [-0.39, 0.29) is 11.7 Å². The van der Waals surface area contributed by atoms with Crippen molar-refractivity contribution < 1.29 is 18.1 Å². The number of fused-ring (bicyclic) bond motifs is 6. The van der Waals surface area contributed by atoms with Gasteiger partial charge in [0.25, 0.3) is 5.91 Å². The van der Waals surface area contributed by atoms with Gasteiger partial charge in [-0.15, -0.1) is 0 Å². The molecular weight excluding hydrogens is 497 g/mol. The first-order valence-electron chi connectivity index (χ1n) is 12.7. The largest absolute Gasteiger partial charge is 0.453 e. The Kier molecular flexibility index (Phi) is 5.09. The number of furan rings is 1. The van der Waals surface area contributed by atoms with Gasteiger partial charge in [0.05, 0.1) is 28.2 Å². The summed E-state index contributed by atoms with van der Waals surface area (Å²) in [7, 11) is 3.41. The Bertz CT molecular complexity index is 1950. The van der Waals surface area contributed by atoms with Crippen molar-refractivity contribution in [1.82, 2.24) is 20.0 Å². The highest BCUT2D eigenvalue weighted by Gasteiger charge is 2.27. The standard InChI is InChI=1S/C30H24FN5O3/c1-15-14-38-35-27(15)29-26(30(37)33-3)19-11-18(22(32-2)13-25(19)39-29)21-8-7-16-9-10-36-23-6-4-5-20(31)17(23)12-24(36)28(16)34-21/h4-8,11-14,32H,9-10H2,1-3H3,(H,33,37). The first-order valence-corrected chi connectivity index (χ1v) is 12.7. The Morgan fingerprint density at radius 2 is 1.95 bits per heavy atom. The Morgan fingerprint density at radius 1 is 1.08 bits per heavy atom. The Balaban J connectivity index is 1.45. The molecule has 2 N–H and O–H groups in total. The van der Waals surface area contributed by atoms with Crippen LogP contribution in [0.4, 0.5) is 10.1 Å². The number of hydrogen-bond donors (Lipinski definition) is 2. The molecule has 1 amide bonds. The third kappa shape index (κ3) is 3.39. The van der Waals surface area contributed by atoms with Crippen LogP contribution in [-0.4, -0.2) is 34.7 Å². The Hall–Kier alpha value is -4.92. The molecule has 0 fully saturated rings. The van der Waals surface area contributed by atoms with Gasteiger partial charge in [-0.25, -0.2) is 9.37 Å². The van der Waals surface area contributed by atoms with Crippen LogP contribution >= 0.6 is 0 Å². The monoisotopic (exact) mass is 521 g/mol. The molecule has 7 rings (SSSR count). The van der Waals surface area contributed by atoms with Crippen molar-refractivity contribution in [3.8, 4) is 34.1 Å². The molecule has 8 nitrogen and oxygen atoms in total. The molecular formula is C30H24FN5O3. The quantitative estimate of drug-likeness (QED) is 0.288. The van der Waals surface area contributed by atoms with E-state index in [0.29, 0.717) is 33.4 Å². The highest BCUT2D eigenvalue weighted by atomic mass is 19.1. The van der Waals surface area contributed by atoms with Gasteiger partial charge in [-0.3, -0.25) is 4.79 Å². The molecule has 5 heterocycles. The van der Waals surface area contributed by atoms with Crippen LogP contribution in [0.2, 0.25) is 0 Å². The lowest BCUT2D eigenvalue weighted by Gasteiger charge is -2.20. The number of benzene rings is 2. The van der Waals surface area contributed by atoms with Gasteiger partial charge in [0.2, 0.25) is 0 Å². The highest BCUT2D eigenvalue weighted by molar-refractivity contribution is 6.12. The number of aromatic nitrogens is 3. The summed E-state index contributed by atoms with van der Waals surface area (Å²) < 4.78 is 28.0. The number of halogens is 1. The number of hydrogen-bond acceptors (Lipinski definition) is 6. The molecule has 1 aliphatic heterocycles. The molecule has 0 bridgehead atoms. The number of nitrogens with zero attached hydrogens (tertiary/aromatic N) is 3. The van der Waals surface area contributed by atoms with Gasteiger partial charge in [0.1, 0.15) is 17.7 Å². The van der Waals surface area contributed by atoms with Crippen LogP contribution in [0.25, 0.3) is 56.0 Å². The Morgan fingerprint density at radius 3 is 2.72 bits per heavy atom. The van der Waals surface area contributed by atoms with Gasteiger partial charge in [0, 0.05) is 54.3 Å². The minimum atomic E-state index is -0.292. The van der Waals surface area contributed by atoms with E-state index in [1.54, 1.807) is 13.1 Å². The molecule has 2 aromatic carbocycles. The van der Waals surface area contributed by atoms with E-state index in [2.05, 4.69) is 26.4 Å². The lowest BCUT2D eigenvalue weighted by atomic mass is 9.99. The normalized spacial score (nSPS) is 12.5. The number of carbonyl (C=O) groups excluding carboxylic acids is 1. The van der Waals surface area contributed by atoms with Gasteiger partial charge in [-0.1, -0.05) is 17.3 Å². The number of rotatable bonds is 4. The molecule has 0 saturated carbocycles. The minimum absolute atomic E-state index is 0.241. The second-order valence-corrected chi connectivity index (χ2v) is 9.68. The number of nitrogens with one attached hydrogen (secondary N) is 2. The van der Waals surface area contributed by atoms with E-state index in [1.807, 2.05) is 44.3 Å². The van der Waals surface area contributed by atoms with E-state index >= 15 is 0 Å². The first kappa shape index (κ1) is 23.2. The number of carbonyl (C=O) groups is 1. The summed E-state index contributed by atoms with van der Waals surface area (Å²) in [5, 5.41) is 11.3. The average Bonchev–Trinajstić information content (AvgIpc) is 3.66. The van der Waals surface area contributed by atoms with Crippen LogP contribution < -0.4 is 10.6 Å². The molecule has 194 valence electrons. The molecule has 0 aliphatic carbocycles. The van der Waals surface area contributed by atoms with Gasteiger partial charge >= 0.3 is 0 Å². The maximum Gasteiger partial charge on any atom is 0.255 e. The number of amides is 1. The summed E-state index contributed by atoms with van der Waals surface area (Å²) in [5.41, 5.74) is 8.17. The molecule has 6 aromatic rings. The van der Waals surface area contributed by atoms with Gasteiger partial charge in [-0.05, 0) is 49.2 Å². The first-order chi connectivity index (χ1) is 19.0. The van der Waals surface area contributed by atoms with E-state index in [9.17, 15) is 9.18 Å². The van der Waals surface area contributed by atoms with E-state index in [4.69, 9.17) is 13.9 Å². The molecule has 0 atom stereocenters. The molecule has 4 aromatic heterocycles. The van der Waals surface area contributed by atoms with Gasteiger partial charge in [0.15, 0.2) is 11.5 Å². The molecule has 9 heteroatoms. The fraction of sp³-hybridized carbons (Fsp3) is 0.167. The fourth-order valence-electron chi connectivity index (χ4n) is 5.56. The SMILES string of the molecule is CNC(=O)c1c(-c2nocc2C)oc2cc(NC)c(-c3ccc4c(n3)-c3cc5c(F)cccc5n3CC4)cc12. The van der Waals surface area contributed by atoms with E-state index < -0.39 is 0 Å². The Labute approximate surface area is 222 Å². The van der Waals surface area contributed by atoms with Crippen molar-refractivity contribution in [3.63, 3.8) is 0 Å². The number of pyridine rings is 1. The third-order valence-corrected chi connectivity index (χ3v) is 7.51. The second kappa shape index (κ2) is 8.56. The van der Waals surface area contributed by atoms with Crippen molar-refractivity contribution in [2.75, 3.05) is 19.4 Å². The second-order valence-electron chi connectivity index (χ2n) is 9.68.